The Morgan fingerprint density at radius 1 is 1.73 bits per heavy atom. The first-order valence-electron chi connectivity index (χ1n) is 3.93. The summed E-state index contributed by atoms with van der Waals surface area (Å²) in [5, 5.41) is 9.92. The number of nitrogens with zero attached hydrogens (tertiary/aromatic N) is 2. The molecule has 1 unspecified atom stereocenters. The first-order chi connectivity index (χ1) is 5.20. The van der Waals surface area contributed by atoms with Gasteiger partial charge in [-0.3, -0.25) is 0 Å². The van der Waals surface area contributed by atoms with Gasteiger partial charge in [-0.25, -0.2) is 4.98 Å². The lowest BCUT2D eigenvalue weighted by Crippen LogP contribution is -2.33. The normalized spacial score (nSPS) is 29.9. The largest absolute Gasteiger partial charge is 0.400 e. The van der Waals surface area contributed by atoms with Crippen molar-refractivity contribution < 1.29 is 5.11 Å². The Labute approximate surface area is 73.5 Å². The van der Waals surface area contributed by atoms with E-state index in [4.69, 9.17) is 0 Å². The summed E-state index contributed by atoms with van der Waals surface area (Å²) in [5.74, 6) is 0. The fourth-order valence-corrected chi connectivity index (χ4v) is 2.44. The molecule has 58 valence electrons. The summed E-state index contributed by atoms with van der Waals surface area (Å²) in [4.78, 5) is 4.02. The third-order valence-corrected chi connectivity index (χ3v) is 3.34. The Bertz CT molecular complexity index is 269. The molecular formula is C7H11AlN2O. The van der Waals surface area contributed by atoms with Gasteiger partial charge >= 0.3 is 0 Å². The van der Waals surface area contributed by atoms with Crippen LogP contribution >= 0.6 is 0 Å². The first kappa shape index (κ1) is 7.36. The average Bonchev–Trinajstić information content (AvgIpc) is 2.34. The third kappa shape index (κ3) is 1.12. The molecule has 2 heterocycles. The molecule has 1 aromatic heterocycles. The minimum absolute atomic E-state index is 0.519. The molecule has 0 amide bonds. The van der Waals surface area contributed by atoms with E-state index in [1.54, 1.807) is 12.5 Å². The lowest BCUT2D eigenvalue weighted by Gasteiger charge is -2.29. The lowest BCUT2D eigenvalue weighted by atomic mass is 10.1. The predicted molar refractivity (Wildman–Crippen MR) is 43.9 cm³/mol. The second kappa shape index (κ2) is 2.34. The Hall–Kier alpha value is -0.298. The molecule has 4 heteroatoms. The fraction of sp³-hybridized carbons (Fsp3) is 0.571. The van der Waals surface area contributed by atoms with Crippen LogP contribution in [0.25, 0.3) is 0 Å². The van der Waals surface area contributed by atoms with E-state index in [9.17, 15) is 5.11 Å². The number of rotatable bonds is 0. The summed E-state index contributed by atoms with van der Waals surface area (Å²) < 4.78 is 1.53. The molecule has 0 saturated heterocycles. The number of aryl methyl sites for hydroxylation is 1. The maximum absolute atomic E-state index is 9.92. The Morgan fingerprint density at radius 3 is 3.27 bits per heavy atom. The molecule has 2 rings (SSSR count). The van der Waals surface area contributed by atoms with E-state index in [1.165, 1.54) is 0 Å². The molecule has 0 aromatic carbocycles. The van der Waals surface area contributed by atoms with Gasteiger partial charge in [0.05, 0.1) is 12.0 Å². The van der Waals surface area contributed by atoms with Gasteiger partial charge in [0.1, 0.15) is 0 Å². The van der Waals surface area contributed by atoms with Crippen LogP contribution in [0.2, 0.25) is 0 Å². The van der Waals surface area contributed by atoms with E-state index in [1.807, 2.05) is 0 Å². The van der Waals surface area contributed by atoms with Crippen LogP contribution in [0.5, 0.6) is 0 Å². The number of aromatic nitrogens is 2. The Kier molecular flexibility index (Phi) is 1.57. The number of hydrogen-bond acceptors (Lipinski definition) is 2. The standard InChI is InChI=1S/C7H9N2O.Al.2H/c10-7-2-1-3-9-5-8-4-6(7)9;;;/h4-5,10H,1-3H2;;;. The third-order valence-electron chi connectivity index (χ3n) is 2.33. The van der Waals surface area contributed by atoms with Crippen LogP contribution in [0.1, 0.15) is 18.5 Å². The molecule has 0 radical (unpaired) electrons. The van der Waals surface area contributed by atoms with E-state index >= 15 is 0 Å². The molecule has 1 atom stereocenters. The zero-order valence-corrected chi connectivity index (χ0v) is 8.62. The summed E-state index contributed by atoms with van der Waals surface area (Å²) in [5.41, 5.74) is 1.01. The van der Waals surface area contributed by atoms with E-state index in [0.717, 1.165) is 41.4 Å². The summed E-state index contributed by atoms with van der Waals surface area (Å²) in [6.45, 7) is 1.01. The summed E-state index contributed by atoms with van der Waals surface area (Å²) in [7, 11) is 0. The molecule has 11 heavy (non-hydrogen) atoms. The van der Waals surface area contributed by atoms with Crippen LogP contribution in [0.3, 0.4) is 0 Å². The topological polar surface area (TPSA) is 38.0 Å². The van der Waals surface area contributed by atoms with E-state index in [0.29, 0.717) is 0 Å². The molecule has 1 N–H and O–H groups in total. The molecule has 1 aromatic rings. The molecule has 0 bridgehead atoms. The maximum atomic E-state index is 9.92. The molecule has 0 saturated carbocycles. The summed E-state index contributed by atoms with van der Waals surface area (Å²) >= 11 is 0.796. The quantitative estimate of drug-likeness (QED) is 0.525. The second-order valence-electron chi connectivity index (χ2n) is 3.35. The van der Waals surface area contributed by atoms with E-state index < -0.39 is 4.46 Å². The molecule has 1 aliphatic rings. The van der Waals surface area contributed by atoms with Crippen molar-refractivity contribution in [1.82, 2.24) is 9.55 Å². The van der Waals surface area contributed by atoms with Gasteiger partial charge in [0.25, 0.3) is 16.3 Å². The lowest BCUT2D eigenvalue weighted by molar-refractivity contribution is 0.0910. The minimum atomic E-state index is -0.519. The average molecular weight is 166 g/mol. The highest BCUT2D eigenvalue weighted by Gasteiger charge is 2.29. The van der Waals surface area contributed by atoms with Gasteiger partial charge in [-0.15, -0.1) is 0 Å². The highest BCUT2D eigenvalue weighted by Crippen LogP contribution is 2.27. The van der Waals surface area contributed by atoms with E-state index in [-0.39, 0.29) is 0 Å². The van der Waals surface area contributed by atoms with Crippen molar-refractivity contribution >= 4 is 16.3 Å². The number of hydrogen-bond donors (Lipinski definition) is 1. The zero-order valence-electron chi connectivity index (χ0n) is 6.62. The number of imidazole rings is 1. The smallest absolute Gasteiger partial charge is 0.273 e. The van der Waals surface area contributed by atoms with Gasteiger partial charge in [-0.2, -0.15) is 0 Å². The van der Waals surface area contributed by atoms with Crippen molar-refractivity contribution in [2.45, 2.75) is 23.8 Å². The monoisotopic (exact) mass is 166 g/mol. The van der Waals surface area contributed by atoms with Crippen molar-refractivity contribution in [3.63, 3.8) is 0 Å². The van der Waals surface area contributed by atoms with Gasteiger partial charge in [0.15, 0.2) is 0 Å². The highest BCUT2D eigenvalue weighted by atomic mass is 27.0. The molecule has 1 aliphatic heterocycles. The second-order valence-corrected chi connectivity index (χ2v) is 5.00. The van der Waals surface area contributed by atoms with Crippen LogP contribution in [-0.2, 0) is 11.0 Å². The Balaban J connectivity index is 2.48. The zero-order chi connectivity index (χ0) is 7.90. The van der Waals surface area contributed by atoms with E-state index in [2.05, 4.69) is 9.55 Å². The highest BCUT2D eigenvalue weighted by molar-refractivity contribution is 6.14. The van der Waals surface area contributed by atoms with Crippen LogP contribution in [0, 0.1) is 0 Å². The number of aliphatic hydroxyl groups is 1. The van der Waals surface area contributed by atoms with Gasteiger partial charge in [-0.1, -0.05) is 0 Å². The molecule has 0 spiro atoms. The SMILES string of the molecule is O[C]1([AlH2])CCCn2cncc21. The van der Waals surface area contributed by atoms with Gasteiger partial charge in [-0.05, 0) is 12.8 Å². The van der Waals surface area contributed by atoms with Crippen LogP contribution in [0.4, 0.5) is 0 Å². The molecular weight excluding hydrogens is 155 g/mol. The molecule has 0 aliphatic carbocycles. The first-order valence-corrected chi connectivity index (χ1v) is 4.93. The van der Waals surface area contributed by atoms with Crippen molar-refractivity contribution in [2.75, 3.05) is 0 Å². The summed E-state index contributed by atoms with van der Waals surface area (Å²) in [6.07, 6.45) is 5.57. The number of fused-ring (bicyclic) bond motifs is 1. The van der Waals surface area contributed by atoms with Crippen LogP contribution in [0.15, 0.2) is 12.5 Å². The van der Waals surface area contributed by atoms with Gasteiger partial charge in [0, 0.05) is 17.2 Å². The van der Waals surface area contributed by atoms with Gasteiger partial charge < -0.3 is 9.67 Å². The fourth-order valence-electron chi connectivity index (χ4n) is 1.67. The maximum Gasteiger partial charge on any atom is 0.273 e. The van der Waals surface area contributed by atoms with Crippen molar-refractivity contribution in [1.29, 1.82) is 0 Å². The van der Waals surface area contributed by atoms with Gasteiger partial charge in [0.2, 0.25) is 0 Å². The van der Waals surface area contributed by atoms with Crippen molar-refractivity contribution in [2.24, 2.45) is 0 Å². The predicted octanol–water partition coefficient (Wildman–Crippen LogP) is -0.545. The van der Waals surface area contributed by atoms with Crippen LogP contribution < -0.4 is 0 Å². The van der Waals surface area contributed by atoms with Crippen molar-refractivity contribution in [3.05, 3.63) is 18.2 Å². The minimum Gasteiger partial charge on any atom is -0.400 e. The molecule has 3 nitrogen and oxygen atoms in total. The van der Waals surface area contributed by atoms with Crippen molar-refractivity contribution in [3.8, 4) is 0 Å². The van der Waals surface area contributed by atoms with Crippen LogP contribution in [-0.4, -0.2) is 30.9 Å². The Morgan fingerprint density at radius 2 is 2.55 bits per heavy atom. The molecule has 0 fully saturated rings. The summed E-state index contributed by atoms with van der Waals surface area (Å²) in [6, 6.07) is 0.